The van der Waals surface area contributed by atoms with Gasteiger partial charge in [-0.2, -0.15) is 10.7 Å². The molecule has 0 heterocycles. The summed E-state index contributed by atoms with van der Waals surface area (Å²) < 4.78 is 5.62. The average Bonchev–Trinajstić information content (AvgIpc) is 2.60. The molecule has 130 valence electrons. The third-order valence-electron chi connectivity index (χ3n) is 3.53. The number of aliphatic hydroxyl groups excluding tert-OH is 1. The molecular formula is C19H22N3O3+. The first-order chi connectivity index (χ1) is 11.9. The Balaban J connectivity index is 1.87. The van der Waals surface area contributed by atoms with Crippen LogP contribution in [-0.2, 0) is 0 Å². The monoisotopic (exact) mass is 340 g/mol. The molecule has 1 atom stereocenters. The smallest absolute Gasteiger partial charge is 0.295 e. The van der Waals surface area contributed by atoms with Crippen LogP contribution in [0.5, 0.6) is 5.75 Å². The van der Waals surface area contributed by atoms with Gasteiger partial charge in [-0.3, -0.25) is 4.79 Å². The molecule has 6 nitrogen and oxygen atoms in total. The standard InChI is InChI=1S/C19H21N3O3/c1-22(2,13-17(23)14-25-18-6-4-3-5-7-18)21-19(24)16-10-8-15(12-20)9-11-16/h3-11,17,23H,13-14H2,1-2H3/p+1. The van der Waals surface area contributed by atoms with Gasteiger partial charge in [0, 0.05) is 5.56 Å². The second-order valence-corrected chi connectivity index (χ2v) is 6.28. The Bertz CT molecular complexity index is 737. The first-order valence-corrected chi connectivity index (χ1v) is 7.91. The van der Waals surface area contributed by atoms with Gasteiger partial charge in [0.05, 0.1) is 25.7 Å². The highest BCUT2D eigenvalue weighted by atomic mass is 16.5. The van der Waals surface area contributed by atoms with E-state index in [2.05, 4.69) is 5.43 Å². The third kappa shape index (κ3) is 5.92. The van der Waals surface area contributed by atoms with E-state index in [4.69, 9.17) is 10.00 Å². The number of nitrogens with zero attached hydrogens (tertiary/aromatic N) is 2. The van der Waals surface area contributed by atoms with E-state index >= 15 is 0 Å². The van der Waals surface area contributed by atoms with Crippen molar-refractivity contribution in [3.8, 4) is 11.8 Å². The molecule has 0 aliphatic carbocycles. The van der Waals surface area contributed by atoms with Crippen LogP contribution in [0.3, 0.4) is 0 Å². The van der Waals surface area contributed by atoms with E-state index in [9.17, 15) is 9.90 Å². The van der Waals surface area contributed by atoms with Gasteiger partial charge in [-0.15, -0.1) is 0 Å². The number of carbonyl (C=O) groups is 1. The summed E-state index contributed by atoms with van der Waals surface area (Å²) in [6.45, 7) is 0.424. The number of nitrogens with one attached hydrogen (secondary N) is 1. The topological polar surface area (TPSA) is 82.3 Å². The van der Waals surface area contributed by atoms with Crippen molar-refractivity contribution in [1.29, 1.82) is 5.26 Å². The van der Waals surface area contributed by atoms with Crippen molar-refractivity contribution in [2.75, 3.05) is 27.2 Å². The Hall–Kier alpha value is -2.88. The molecule has 0 aliphatic heterocycles. The van der Waals surface area contributed by atoms with Crippen molar-refractivity contribution in [3.63, 3.8) is 0 Å². The quantitative estimate of drug-likeness (QED) is 0.594. The lowest BCUT2D eigenvalue weighted by atomic mass is 10.1. The fourth-order valence-electron chi connectivity index (χ4n) is 2.37. The van der Waals surface area contributed by atoms with Gasteiger partial charge in [-0.05, 0) is 36.4 Å². The van der Waals surface area contributed by atoms with Crippen LogP contribution in [0.25, 0.3) is 0 Å². The molecular weight excluding hydrogens is 318 g/mol. The number of benzene rings is 2. The minimum atomic E-state index is -0.739. The predicted molar refractivity (Wildman–Crippen MR) is 93.5 cm³/mol. The van der Waals surface area contributed by atoms with Gasteiger partial charge >= 0.3 is 0 Å². The van der Waals surface area contributed by atoms with Gasteiger partial charge < -0.3 is 9.84 Å². The lowest BCUT2D eigenvalue weighted by molar-refractivity contribution is -0.927. The van der Waals surface area contributed by atoms with Crippen LogP contribution in [-0.4, -0.2) is 49.0 Å². The first kappa shape index (κ1) is 18.5. The molecule has 0 bridgehead atoms. The number of carbonyl (C=O) groups excluding carboxylic acids is 1. The minimum Gasteiger partial charge on any atom is -0.491 e. The summed E-state index contributed by atoms with van der Waals surface area (Å²) in [7, 11) is 3.57. The van der Waals surface area contributed by atoms with Crippen LogP contribution in [0.2, 0.25) is 0 Å². The zero-order valence-electron chi connectivity index (χ0n) is 14.3. The number of rotatable bonds is 7. The Kier molecular flexibility index (Phi) is 6.12. The highest BCUT2D eigenvalue weighted by Crippen LogP contribution is 2.09. The Labute approximate surface area is 147 Å². The van der Waals surface area contributed by atoms with Crippen molar-refractivity contribution in [2.24, 2.45) is 0 Å². The lowest BCUT2D eigenvalue weighted by Gasteiger charge is -2.31. The van der Waals surface area contributed by atoms with Gasteiger partial charge in [0.15, 0.2) is 0 Å². The normalized spacial score (nSPS) is 12.1. The summed E-state index contributed by atoms with van der Waals surface area (Å²) in [6, 6.07) is 17.7. The fraction of sp³-hybridized carbons (Fsp3) is 0.263. The molecule has 0 saturated heterocycles. The molecule has 0 saturated carbocycles. The van der Waals surface area contributed by atoms with Crippen LogP contribution in [0, 0.1) is 11.3 Å². The summed E-state index contributed by atoms with van der Waals surface area (Å²) >= 11 is 0. The number of para-hydroxylation sites is 1. The molecule has 0 aliphatic rings. The largest absolute Gasteiger partial charge is 0.491 e. The number of hydrogen-bond acceptors (Lipinski definition) is 4. The molecule has 1 unspecified atom stereocenters. The van der Waals surface area contributed by atoms with Crippen LogP contribution in [0.15, 0.2) is 54.6 Å². The summed E-state index contributed by atoms with van der Waals surface area (Å²) in [5.41, 5.74) is 3.80. The minimum absolute atomic E-state index is 0.0954. The van der Waals surface area contributed by atoms with E-state index in [1.54, 1.807) is 38.4 Å². The second kappa shape index (κ2) is 8.29. The van der Waals surface area contributed by atoms with Crippen LogP contribution >= 0.6 is 0 Å². The molecule has 2 N–H and O–H groups in total. The van der Waals surface area contributed by atoms with E-state index in [1.807, 2.05) is 36.4 Å². The van der Waals surface area contributed by atoms with E-state index in [-0.39, 0.29) is 23.7 Å². The summed E-state index contributed by atoms with van der Waals surface area (Å²) in [5.74, 6) is 0.416. The van der Waals surface area contributed by atoms with Crippen molar-refractivity contribution >= 4 is 5.91 Å². The number of nitriles is 1. The predicted octanol–water partition coefficient (Wildman–Crippen LogP) is 1.72. The van der Waals surface area contributed by atoms with Gasteiger partial charge in [-0.25, -0.2) is 4.59 Å². The molecule has 6 heteroatoms. The molecule has 25 heavy (non-hydrogen) atoms. The highest BCUT2D eigenvalue weighted by Gasteiger charge is 2.24. The zero-order valence-corrected chi connectivity index (χ0v) is 14.3. The van der Waals surface area contributed by atoms with Gasteiger partial charge in [0.1, 0.15) is 25.0 Å². The van der Waals surface area contributed by atoms with E-state index in [0.29, 0.717) is 16.9 Å². The van der Waals surface area contributed by atoms with E-state index < -0.39 is 6.10 Å². The maximum Gasteiger partial charge on any atom is 0.295 e. The van der Waals surface area contributed by atoms with Crippen molar-refractivity contribution in [1.82, 2.24) is 5.43 Å². The number of amides is 1. The third-order valence-corrected chi connectivity index (χ3v) is 3.53. The molecule has 0 spiro atoms. The summed E-state index contributed by atoms with van der Waals surface area (Å²) in [6.07, 6.45) is -0.739. The van der Waals surface area contributed by atoms with Crippen LogP contribution in [0.4, 0.5) is 0 Å². The summed E-state index contributed by atoms with van der Waals surface area (Å²) in [5, 5.41) is 19.0. The SMILES string of the molecule is C[N+](C)(CC(O)COc1ccccc1)NC(=O)c1ccc(C#N)cc1. The zero-order chi connectivity index (χ0) is 18.3. The van der Waals surface area contributed by atoms with Crippen molar-refractivity contribution in [2.45, 2.75) is 6.10 Å². The molecule has 1 amide bonds. The number of hydrogen-bond donors (Lipinski definition) is 2. The average molecular weight is 340 g/mol. The first-order valence-electron chi connectivity index (χ1n) is 7.91. The molecule has 0 fully saturated rings. The maximum absolute atomic E-state index is 12.3. The van der Waals surface area contributed by atoms with Gasteiger partial charge in [0.25, 0.3) is 5.91 Å². The molecule has 2 rings (SSSR count). The number of aliphatic hydroxyl groups is 1. The number of quaternary nitrogens is 1. The number of likely N-dealkylation sites (N-methyl/N-ethyl adjacent to an activating group) is 1. The molecule has 0 aromatic heterocycles. The van der Waals surface area contributed by atoms with Gasteiger partial charge in [-0.1, -0.05) is 18.2 Å². The lowest BCUT2D eigenvalue weighted by Crippen LogP contribution is -2.58. The van der Waals surface area contributed by atoms with Crippen molar-refractivity contribution < 1.29 is 19.2 Å². The Morgan fingerprint density at radius 3 is 2.44 bits per heavy atom. The summed E-state index contributed by atoms with van der Waals surface area (Å²) in [4.78, 5) is 12.3. The highest BCUT2D eigenvalue weighted by molar-refractivity contribution is 5.93. The second-order valence-electron chi connectivity index (χ2n) is 6.28. The number of ether oxygens (including phenoxy) is 1. The Morgan fingerprint density at radius 1 is 1.20 bits per heavy atom. The Morgan fingerprint density at radius 2 is 1.84 bits per heavy atom. The van der Waals surface area contributed by atoms with E-state index in [0.717, 1.165) is 0 Å². The van der Waals surface area contributed by atoms with Crippen molar-refractivity contribution in [3.05, 3.63) is 65.7 Å². The maximum atomic E-state index is 12.3. The molecule has 2 aromatic rings. The fourth-order valence-corrected chi connectivity index (χ4v) is 2.37. The van der Waals surface area contributed by atoms with E-state index in [1.165, 1.54) is 0 Å². The van der Waals surface area contributed by atoms with Gasteiger partial charge in [0.2, 0.25) is 0 Å². The molecule has 2 aromatic carbocycles. The van der Waals surface area contributed by atoms with Crippen LogP contribution in [0.1, 0.15) is 15.9 Å². The van der Waals surface area contributed by atoms with Crippen LogP contribution < -0.4 is 10.2 Å². The molecule has 0 radical (unpaired) electrons.